The smallest absolute Gasteiger partial charge is 0.296 e. The second-order valence-electron chi connectivity index (χ2n) is 8.84. The molecule has 0 unspecified atom stereocenters. The van der Waals surface area contributed by atoms with Gasteiger partial charge < -0.3 is 19.2 Å². The first kappa shape index (κ1) is 25.5. The van der Waals surface area contributed by atoms with Gasteiger partial charge in [-0.25, -0.2) is 8.42 Å². The zero-order valence-corrected chi connectivity index (χ0v) is 22.0. The van der Waals surface area contributed by atoms with Crippen LogP contribution in [0.1, 0.15) is 44.3 Å². The molecule has 0 saturated heterocycles. The Balaban J connectivity index is 1.57. The summed E-state index contributed by atoms with van der Waals surface area (Å²) in [4.78, 5) is 15.6. The van der Waals surface area contributed by atoms with Gasteiger partial charge in [0.1, 0.15) is 5.75 Å². The van der Waals surface area contributed by atoms with Crippen LogP contribution < -0.4 is 24.5 Å². The number of hydrogen-bond acceptors (Lipinski definition) is 9. The number of ether oxygens (including phenoxy) is 3. The molecule has 2 aromatic carbocycles. The molecule has 2 N–H and O–H groups in total. The normalized spacial score (nSPS) is 14.1. The molecule has 1 aliphatic carbocycles. The van der Waals surface area contributed by atoms with Crippen molar-refractivity contribution < 1.29 is 22.6 Å². The minimum absolute atomic E-state index is 0.0479. The average molecular weight is 541 g/mol. The van der Waals surface area contributed by atoms with Crippen molar-refractivity contribution in [1.82, 2.24) is 24.8 Å². The molecular formula is C25H28N6O6S. The van der Waals surface area contributed by atoms with Crippen molar-refractivity contribution in [2.75, 3.05) is 25.5 Å². The molecule has 0 spiro atoms. The summed E-state index contributed by atoms with van der Waals surface area (Å²) >= 11 is 0. The van der Waals surface area contributed by atoms with Crippen molar-refractivity contribution >= 4 is 21.4 Å². The van der Waals surface area contributed by atoms with Crippen LogP contribution in [0.15, 0.2) is 46.1 Å². The molecule has 13 heteroatoms. The van der Waals surface area contributed by atoms with Crippen molar-refractivity contribution in [1.29, 1.82) is 0 Å². The van der Waals surface area contributed by atoms with Gasteiger partial charge in [-0.2, -0.15) is 4.52 Å². The summed E-state index contributed by atoms with van der Waals surface area (Å²) in [6, 6.07) is 9.07. The summed E-state index contributed by atoms with van der Waals surface area (Å²) in [7, 11) is -1.08. The van der Waals surface area contributed by atoms with E-state index in [2.05, 4.69) is 25.0 Å². The number of H-pyrrole nitrogens is 1. The molecule has 38 heavy (non-hydrogen) atoms. The van der Waals surface area contributed by atoms with Crippen LogP contribution in [0.25, 0.3) is 17.0 Å². The van der Waals surface area contributed by atoms with Crippen molar-refractivity contribution in [2.45, 2.75) is 43.4 Å². The molecule has 0 radical (unpaired) electrons. The van der Waals surface area contributed by atoms with E-state index in [0.29, 0.717) is 35.2 Å². The van der Waals surface area contributed by atoms with E-state index in [-0.39, 0.29) is 28.0 Å². The number of fused-ring (bicyclic) bond motifs is 1. The molecule has 200 valence electrons. The lowest BCUT2D eigenvalue weighted by atomic mass is 10.1. The SMILES string of the molecule is CCOc1ccc(S(=O)(=O)Nc2ccc(OC)c(OC)c2)cc1-c1nn2c(C3CCCC3)nnc2c(=O)[nH]1. The maximum Gasteiger partial charge on any atom is 0.296 e. The molecule has 12 nitrogen and oxygen atoms in total. The summed E-state index contributed by atoms with van der Waals surface area (Å²) in [5.41, 5.74) is 0.210. The topological polar surface area (TPSA) is 150 Å². The van der Waals surface area contributed by atoms with Crippen LogP contribution in [0.3, 0.4) is 0 Å². The van der Waals surface area contributed by atoms with Crippen LogP contribution in [0.4, 0.5) is 5.69 Å². The summed E-state index contributed by atoms with van der Waals surface area (Å²) in [5, 5.41) is 12.9. The van der Waals surface area contributed by atoms with Crippen molar-refractivity contribution in [2.24, 2.45) is 0 Å². The quantitative estimate of drug-likeness (QED) is 0.326. The zero-order valence-electron chi connectivity index (χ0n) is 21.2. The number of benzene rings is 2. The summed E-state index contributed by atoms with van der Waals surface area (Å²) in [6.07, 6.45) is 4.06. The van der Waals surface area contributed by atoms with Crippen molar-refractivity contribution in [3.8, 4) is 28.6 Å². The highest BCUT2D eigenvalue weighted by atomic mass is 32.2. The number of aromatic nitrogens is 5. The lowest BCUT2D eigenvalue weighted by Crippen LogP contribution is -2.17. The molecular weight excluding hydrogens is 512 g/mol. The Morgan fingerprint density at radius 3 is 2.47 bits per heavy atom. The van der Waals surface area contributed by atoms with Crippen LogP contribution in [-0.4, -0.2) is 54.0 Å². The molecule has 4 aromatic rings. The van der Waals surface area contributed by atoms with Gasteiger partial charge in [0.05, 0.1) is 37.0 Å². The Bertz CT molecular complexity index is 1640. The van der Waals surface area contributed by atoms with Crippen LogP contribution >= 0.6 is 0 Å². The minimum Gasteiger partial charge on any atom is -0.493 e. The lowest BCUT2D eigenvalue weighted by Gasteiger charge is -2.14. The number of aromatic amines is 1. The Kier molecular flexibility index (Phi) is 6.93. The fraction of sp³-hybridized carbons (Fsp3) is 0.360. The van der Waals surface area contributed by atoms with E-state index < -0.39 is 15.6 Å². The second-order valence-corrected chi connectivity index (χ2v) is 10.5. The van der Waals surface area contributed by atoms with E-state index in [4.69, 9.17) is 14.2 Å². The zero-order chi connectivity index (χ0) is 26.9. The number of methoxy groups -OCH3 is 2. The van der Waals surface area contributed by atoms with Crippen LogP contribution in [-0.2, 0) is 10.0 Å². The molecule has 2 heterocycles. The van der Waals surface area contributed by atoms with E-state index in [1.54, 1.807) is 12.1 Å². The van der Waals surface area contributed by atoms with Crippen molar-refractivity contribution in [3.05, 3.63) is 52.6 Å². The predicted molar refractivity (Wildman–Crippen MR) is 140 cm³/mol. The van der Waals surface area contributed by atoms with Gasteiger partial charge in [-0.1, -0.05) is 12.8 Å². The highest BCUT2D eigenvalue weighted by molar-refractivity contribution is 7.92. The maximum absolute atomic E-state index is 13.3. The number of anilines is 1. The number of nitrogens with zero attached hydrogens (tertiary/aromatic N) is 4. The van der Waals surface area contributed by atoms with Gasteiger partial charge in [0.25, 0.3) is 15.6 Å². The molecule has 1 aliphatic rings. The molecule has 5 rings (SSSR count). The molecule has 0 aliphatic heterocycles. The third-order valence-electron chi connectivity index (χ3n) is 6.47. The second kappa shape index (κ2) is 10.3. The van der Waals surface area contributed by atoms with Gasteiger partial charge in [0.2, 0.25) is 5.65 Å². The standard InChI is InChI=1S/C25H28N6O6S/c1-4-37-19-12-10-17(38(33,34)30-16-9-11-20(35-2)21(13-16)36-3)14-18(19)22-26-25(32)24-28-27-23(31(24)29-22)15-7-5-6-8-15/h9-15,30H,4-8H2,1-3H3,(H,26,29,32). The van der Waals surface area contributed by atoms with Crippen LogP contribution in [0.2, 0.25) is 0 Å². The minimum atomic E-state index is -4.04. The van der Waals surface area contributed by atoms with Crippen LogP contribution in [0, 0.1) is 0 Å². The third-order valence-corrected chi connectivity index (χ3v) is 7.85. The Morgan fingerprint density at radius 2 is 1.76 bits per heavy atom. The Morgan fingerprint density at radius 1 is 1.03 bits per heavy atom. The van der Waals surface area contributed by atoms with Gasteiger partial charge in [-0.15, -0.1) is 15.3 Å². The first-order chi connectivity index (χ1) is 18.3. The average Bonchev–Trinajstić information content (AvgIpc) is 3.59. The van der Waals surface area contributed by atoms with E-state index in [0.717, 1.165) is 25.7 Å². The van der Waals surface area contributed by atoms with E-state index >= 15 is 0 Å². The largest absolute Gasteiger partial charge is 0.493 e. The fourth-order valence-electron chi connectivity index (χ4n) is 4.64. The highest BCUT2D eigenvalue weighted by Crippen LogP contribution is 2.35. The predicted octanol–water partition coefficient (Wildman–Crippen LogP) is 3.35. The van der Waals surface area contributed by atoms with Gasteiger partial charge >= 0.3 is 0 Å². The number of nitrogens with one attached hydrogen (secondary N) is 2. The molecule has 0 amide bonds. The van der Waals surface area contributed by atoms with Gasteiger partial charge in [0.15, 0.2) is 23.1 Å². The van der Waals surface area contributed by atoms with E-state index in [1.807, 2.05) is 6.92 Å². The number of sulfonamides is 1. The summed E-state index contributed by atoms with van der Waals surface area (Å²) in [5.74, 6) is 2.15. The molecule has 2 aromatic heterocycles. The number of rotatable bonds is 9. The summed E-state index contributed by atoms with van der Waals surface area (Å²) in [6.45, 7) is 2.14. The van der Waals surface area contributed by atoms with Gasteiger partial charge in [-0.3, -0.25) is 9.52 Å². The Hall–Kier alpha value is -4.13. The van der Waals surface area contributed by atoms with E-state index in [9.17, 15) is 13.2 Å². The monoisotopic (exact) mass is 540 g/mol. The summed E-state index contributed by atoms with van der Waals surface area (Å²) < 4.78 is 46.9. The first-order valence-corrected chi connectivity index (χ1v) is 13.7. The first-order valence-electron chi connectivity index (χ1n) is 12.2. The van der Waals surface area contributed by atoms with Gasteiger partial charge in [0, 0.05) is 12.0 Å². The Labute approximate surface area is 219 Å². The highest BCUT2D eigenvalue weighted by Gasteiger charge is 2.25. The molecule has 0 bridgehead atoms. The van der Waals surface area contributed by atoms with Gasteiger partial charge in [-0.05, 0) is 50.1 Å². The lowest BCUT2D eigenvalue weighted by molar-refractivity contribution is 0.341. The van der Waals surface area contributed by atoms with Crippen molar-refractivity contribution in [3.63, 3.8) is 0 Å². The molecule has 1 saturated carbocycles. The molecule has 0 atom stereocenters. The third kappa shape index (κ3) is 4.76. The van der Waals surface area contributed by atoms with Crippen LogP contribution in [0.5, 0.6) is 17.2 Å². The fourth-order valence-corrected chi connectivity index (χ4v) is 5.71. The maximum atomic E-state index is 13.3. The molecule has 1 fully saturated rings. The van der Waals surface area contributed by atoms with E-state index in [1.165, 1.54) is 43.0 Å². The number of hydrogen-bond donors (Lipinski definition) is 2.